The minimum Gasteiger partial charge on any atom is -0.355 e. The van der Waals surface area contributed by atoms with Crippen molar-refractivity contribution in [2.24, 2.45) is 0 Å². The van der Waals surface area contributed by atoms with Gasteiger partial charge in [0.1, 0.15) is 0 Å². The topological polar surface area (TPSA) is 58.2 Å². The van der Waals surface area contributed by atoms with Gasteiger partial charge in [0, 0.05) is 35.4 Å². The number of carbonyl (C=O) groups is 2. The molecule has 0 aromatic heterocycles. The number of thioether (sulfide) groups is 2. The van der Waals surface area contributed by atoms with Crippen LogP contribution in [0.1, 0.15) is 30.9 Å². The number of hydrogen-bond donors (Lipinski definition) is 2. The molecular formula is C18H18N2O2S2. The Morgan fingerprint density at radius 1 is 0.875 bits per heavy atom. The van der Waals surface area contributed by atoms with Crippen molar-refractivity contribution in [3.8, 4) is 0 Å². The van der Waals surface area contributed by atoms with E-state index in [9.17, 15) is 9.59 Å². The van der Waals surface area contributed by atoms with E-state index in [0.29, 0.717) is 21.4 Å². The summed E-state index contributed by atoms with van der Waals surface area (Å²) in [7, 11) is 1.59. The van der Waals surface area contributed by atoms with E-state index in [0.717, 1.165) is 0 Å². The summed E-state index contributed by atoms with van der Waals surface area (Å²) in [6.07, 6.45) is 0. The summed E-state index contributed by atoms with van der Waals surface area (Å²) in [5, 5.41) is 5.42. The molecule has 1 aliphatic rings. The van der Waals surface area contributed by atoms with Gasteiger partial charge >= 0.3 is 0 Å². The average molecular weight is 358 g/mol. The summed E-state index contributed by atoms with van der Waals surface area (Å²) in [6.45, 7) is 0. The fourth-order valence-corrected chi connectivity index (χ4v) is 5.25. The standard InChI is InChI=1S/C18H18N2O2S2/c1-19-16(21)12-6-8-15(9-7-12)20-17(22)13-2-4-14(5-3-13)18-23-10-11-24-18/h2-9,18H,10-11H2,1H3,(H,19,21)(H,20,22). The summed E-state index contributed by atoms with van der Waals surface area (Å²) in [4.78, 5) is 23.8. The van der Waals surface area contributed by atoms with Crippen LogP contribution in [0.2, 0.25) is 0 Å². The molecule has 4 nitrogen and oxygen atoms in total. The maximum absolute atomic E-state index is 12.3. The SMILES string of the molecule is CNC(=O)c1ccc(NC(=O)c2ccc(C3SCCS3)cc2)cc1. The van der Waals surface area contributed by atoms with E-state index >= 15 is 0 Å². The quantitative estimate of drug-likeness (QED) is 0.873. The predicted molar refractivity (Wildman–Crippen MR) is 102 cm³/mol. The molecule has 0 spiro atoms. The molecule has 0 unspecified atom stereocenters. The molecule has 1 fully saturated rings. The maximum atomic E-state index is 12.3. The fraction of sp³-hybridized carbons (Fsp3) is 0.222. The zero-order valence-electron chi connectivity index (χ0n) is 13.2. The van der Waals surface area contributed by atoms with Crippen LogP contribution in [0.15, 0.2) is 48.5 Å². The van der Waals surface area contributed by atoms with Gasteiger partial charge in [-0.05, 0) is 42.0 Å². The third-order valence-corrected chi connectivity index (χ3v) is 6.80. The average Bonchev–Trinajstić information content (AvgIpc) is 3.16. The largest absolute Gasteiger partial charge is 0.355 e. The summed E-state index contributed by atoms with van der Waals surface area (Å²) < 4.78 is 0.486. The highest BCUT2D eigenvalue weighted by Crippen LogP contribution is 2.45. The molecule has 6 heteroatoms. The number of carbonyl (C=O) groups excluding carboxylic acids is 2. The minimum atomic E-state index is -0.152. The van der Waals surface area contributed by atoms with Crippen LogP contribution in [0.5, 0.6) is 0 Å². The molecule has 124 valence electrons. The first kappa shape index (κ1) is 16.9. The van der Waals surface area contributed by atoms with Gasteiger partial charge in [0.2, 0.25) is 0 Å². The lowest BCUT2D eigenvalue weighted by molar-refractivity contribution is 0.0962. The monoisotopic (exact) mass is 358 g/mol. The predicted octanol–water partition coefficient (Wildman–Crippen LogP) is 3.78. The summed E-state index contributed by atoms with van der Waals surface area (Å²) >= 11 is 3.90. The number of hydrogen-bond acceptors (Lipinski definition) is 4. The van der Waals surface area contributed by atoms with E-state index in [1.54, 1.807) is 31.3 Å². The van der Waals surface area contributed by atoms with Crippen LogP contribution >= 0.6 is 23.5 Å². The smallest absolute Gasteiger partial charge is 0.255 e. The van der Waals surface area contributed by atoms with Gasteiger partial charge in [-0.2, -0.15) is 0 Å². The van der Waals surface area contributed by atoms with Crippen LogP contribution in [-0.2, 0) is 0 Å². The van der Waals surface area contributed by atoms with Crippen LogP contribution in [0, 0.1) is 0 Å². The second-order valence-corrected chi connectivity index (χ2v) is 8.03. The van der Waals surface area contributed by atoms with Gasteiger partial charge in [0.15, 0.2) is 0 Å². The summed E-state index contributed by atoms with van der Waals surface area (Å²) in [5.74, 6) is 2.07. The van der Waals surface area contributed by atoms with Gasteiger partial charge in [-0.15, -0.1) is 23.5 Å². The van der Waals surface area contributed by atoms with Crippen molar-refractivity contribution in [2.45, 2.75) is 4.58 Å². The Hall–Kier alpha value is -1.92. The lowest BCUT2D eigenvalue weighted by atomic mass is 10.1. The van der Waals surface area contributed by atoms with Gasteiger partial charge < -0.3 is 10.6 Å². The number of amides is 2. The molecule has 1 aliphatic heterocycles. The normalized spacial score (nSPS) is 14.4. The molecule has 0 atom stereocenters. The zero-order chi connectivity index (χ0) is 16.9. The van der Waals surface area contributed by atoms with Gasteiger partial charge in [0.25, 0.3) is 11.8 Å². The molecule has 0 bridgehead atoms. The molecule has 2 aromatic rings. The number of anilines is 1. The first-order valence-corrected chi connectivity index (χ1v) is 9.74. The second-order valence-electron chi connectivity index (χ2n) is 5.31. The number of benzene rings is 2. The molecule has 3 rings (SSSR count). The van der Waals surface area contributed by atoms with Crippen molar-refractivity contribution in [1.82, 2.24) is 5.32 Å². The molecule has 0 aliphatic carbocycles. The number of rotatable bonds is 4. The van der Waals surface area contributed by atoms with Crippen molar-refractivity contribution in [3.05, 3.63) is 65.2 Å². The van der Waals surface area contributed by atoms with E-state index < -0.39 is 0 Å². The summed E-state index contributed by atoms with van der Waals surface area (Å²) in [6, 6.07) is 14.6. The Labute approximate surface area is 149 Å². The molecule has 1 heterocycles. The zero-order valence-corrected chi connectivity index (χ0v) is 14.9. The molecule has 2 N–H and O–H groups in total. The second kappa shape index (κ2) is 7.77. The Kier molecular flexibility index (Phi) is 5.48. The van der Waals surface area contributed by atoms with E-state index in [1.165, 1.54) is 17.1 Å². The first-order chi connectivity index (χ1) is 11.7. The van der Waals surface area contributed by atoms with Gasteiger partial charge in [-0.1, -0.05) is 12.1 Å². The lowest BCUT2D eigenvalue weighted by Crippen LogP contribution is -2.17. The summed E-state index contributed by atoms with van der Waals surface area (Å²) in [5.41, 5.74) is 3.11. The maximum Gasteiger partial charge on any atom is 0.255 e. The molecular weight excluding hydrogens is 340 g/mol. The Morgan fingerprint density at radius 3 is 2.00 bits per heavy atom. The highest BCUT2D eigenvalue weighted by Gasteiger charge is 2.18. The van der Waals surface area contributed by atoms with Crippen molar-refractivity contribution in [3.63, 3.8) is 0 Å². The van der Waals surface area contributed by atoms with Crippen molar-refractivity contribution < 1.29 is 9.59 Å². The van der Waals surface area contributed by atoms with Gasteiger partial charge in [0.05, 0.1) is 4.58 Å². The van der Waals surface area contributed by atoms with Crippen molar-refractivity contribution in [1.29, 1.82) is 0 Å². The van der Waals surface area contributed by atoms with Crippen LogP contribution < -0.4 is 10.6 Å². The van der Waals surface area contributed by atoms with E-state index in [-0.39, 0.29) is 11.8 Å². The van der Waals surface area contributed by atoms with Crippen LogP contribution in [0.3, 0.4) is 0 Å². The van der Waals surface area contributed by atoms with Crippen LogP contribution in [-0.4, -0.2) is 30.4 Å². The third kappa shape index (κ3) is 3.94. The minimum absolute atomic E-state index is 0.147. The molecule has 0 radical (unpaired) electrons. The van der Waals surface area contributed by atoms with Gasteiger partial charge in [-0.25, -0.2) is 0 Å². The van der Waals surface area contributed by atoms with E-state index in [2.05, 4.69) is 10.6 Å². The van der Waals surface area contributed by atoms with E-state index in [1.807, 2.05) is 47.8 Å². The fourth-order valence-electron chi connectivity index (χ4n) is 2.40. The highest BCUT2D eigenvalue weighted by atomic mass is 32.2. The Balaban J connectivity index is 1.65. The highest BCUT2D eigenvalue weighted by molar-refractivity contribution is 8.19. The van der Waals surface area contributed by atoms with Crippen molar-refractivity contribution in [2.75, 3.05) is 23.9 Å². The molecule has 2 aromatic carbocycles. The van der Waals surface area contributed by atoms with Gasteiger partial charge in [-0.3, -0.25) is 9.59 Å². The lowest BCUT2D eigenvalue weighted by Gasteiger charge is -2.10. The molecule has 24 heavy (non-hydrogen) atoms. The first-order valence-electron chi connectivity index (χ1n) is 7.64. The van der Waals surface area contributed by atoms with E-state index in [4.69, 9.17) is 0 Å². The Morgan fingerprint density at radius 2 is 1.42 bits per heavy atom. The van der Waals surface area contributed by atoms with Crippen LogP contribution in [0.4, 0.5) is 5.69 Å². The molecule has 0 saturated carbocycles. The molecule has 2 amide bonds. The molecule has 1 saturated heterocycles. The third-order valence-electron chi connectivity index (χ3n) is 3.70. The number of nitrogens with one attached hydrogen (secondary N) is 2. The Bertz CT molecular complexity index is 724. The van der Waals surface area contributed by atoms with Crippen molar-refractivity contribution >= 4 is 41.0 Å². The van der Waals surface area contributed by atoms with Crippen LogP contribution in [0.25, 0.3) is 0 Å².